The predicted molar refractivity (Wildman–Crippen MR) is 60.3 cm³/mol. The lowest BCUT2D eigenvalue weighted by Crippen LogP contribution is -2.23. The van der Waals surface area contributed by atoms with Crippen LogP contribution >= 0.6 is 23.2 Å². The zero-order chi connectivity index (χ0) is 15.3. The fourth-order valence-corrected chi connectivity index (χ4v) is 1.87. The topological polar surface area (TPSA) is 34.4 Å². The number of halogens is 7. The Morgan fingerprint density at radius 3 is 2.35 bits per heavy atom. The van der Waals surface area contributed by atoms with Crippen molar-refractivity contribution in [1.82, 2.24) is 9.38 Å². The second-order valence-corrected chi connectivity index (χ2v) is 4.62. The molecule has 0 fully saturated rings. The third kappa shape index (κ3) is 2.57. The first-order valence-electron chi connectivity index (χ1n) is 4.87. The number of imidazole rings is 1. The van der Waals surface area contributed by atoms with E-state index in [4.69, 9.17) is 11.6 Å². The Balaban J connectivity index is 2.71. The van der Waals surface area contributed by atoms with E-state index in [9.17, 15) is 26.7 Å². The van der Waals surface area contributed by atoms with Crippen molar-refractivity contribution >= 4 is 34.6 Å². The Morgan fingerprint density at radius 2 is 1.85 bits per heavy atom. The number of hydrogen-bond donors (Lipinski definition) is 0. The van der Waals surface area contributed by atoms with E-state index >= 15 is 0 Å². The van der Waals surface area contributed by atoms with Gasteiger partial charge in [0.2, 0.25) is 0 Å². The minimum absolute atomic E-state index is 0.260. The molecule has 0 atom stereocenters. The molecule has 20 heavy (non-hydrogen) atoms. The van der Waals surface area contributed by atoms with E-state index in [1.165, 1.54) is 0 Å². The first-order chi connectivity index (χ1) is 9.01. The highest BCUT2D eigenvalue weighted by Crippen LogP contribution is 2.33. The summed E-state index contributed by atoms with van der Waals surface area (Å²) in [5.41, 5.74) is -2.27. The van der Waals surface area contributed by atoms with Crippen LogP contribution in [-0.2, 0) is 6.18 Å². The fourth-order valence-electron chi connectivity index (χ4n) is 1.51. The molecule has 0 aliphatic rings. The molecule has 108 valence electrons. The molecular formula is C10H3Cl2F5N2O. The molecule has 10 heteroatoms. The average Bonchev–Trinajstić information content (AvgIpc) is 2.69. The van der Waals surface area contributed by atoms with Crippen LogP contribution in [0, 0.1) is 0 Å². The van der Waals surface area contributed by atoms with Crippen LogP contribution in [0.1, 0.15) is 16.1 Å². The molecule has 2 aromatic rings. The number of fused-ring (bicyclic) bond motifs is 1. The summed E-state index contributed by atoms with van der Waals surface area (Å²) in [7, 11) is 0. The monoisotopic (exact) mass is 332 g/mol. The number of hydrogen-bond acceptors (Lipinski definition) is 2. The lowest BCUT2D eigenvalue weighted by Gasteiger charge is -2.10. The number of Topliss-reactive ketones (excluding diaryl/α,β-unsaturated/α-hetero) is 1. The molecular weight excluding hydrogens is 330 g/mol. The molecule has 0 bridgehead atoms. The number of ketones is 1. The summed E-state index contributed by atoms with van der Waals surface area (Å²) < 4.78 is 63.9. The van der Waals surface area contributed by atoms with Gasteiger partial charge in [-0.1, -0.05) is 11.6 Å². The van der Waals surface area contributed by atoms with Crippen molar-refractivity contribution in [2.75, 3.05) is 0 Å². The smallest absolute Gasteiger partial charge is 0.295 e. The van der Waals surface area contributed by atoms with Gasteiger partial charge in [0.15, 0.2) is 5.65 Å². The van der Waals surface area contributed by atoms with Crippen LogP contribution in [0.5, 0.6) is 0 Å². The molecule has 0 N–H and O–H groups in total. The van der Waals surface area contributed by atoms with Crippen LogP contribution in [0.4, 0.5) is 22.0 Å². The molecule has 0 radical (unpaired) electrons. The van der Waals surface area contributed by atoms with E-state index in [-0.39, 0.29) is 5.65 Å². The average molecular weight is 333 g/mol. The highest BCUT2D eigenvalue weighted by atomic mass is 35.5. The van der Waals surface area contributed by atoms with Crippen molar-refractivity contribution in [2.45, 2.75) is 11.6 Å². The van der Waals surface area contributed by atoms with E-state index in [1.54, 1.807) is 0 Å². The summed E-state index contributed by atoms with van der Waals surface area (Å²) in [6.07, 6.45) is -3.63. The van der Waals surface area contributed by atoms with Gasteiger partial charge in [-0.15, -0.1) is 0 Å². The number of nitrogens with zero attached hydrogens (tertiary/aromatic N) is 2. The zero-order valence-electron chi connectivity index (χ0n) is 9.18. The Kier molecular flexibility index (Phi) is 3.42. The molecule has 0 aromatic carbocycles. The van der Waals surface area contributed by atoms with Gasteiger partial charge >= 0.3 is 11.6 Å². The first kappa shape index (κ1) is 15.0. The number of pyridine rings is 1. The highest BCUT2D eigenvalue weighted by Gasteiger charge is 2.39. The fraction of sp³-hybridized carbons (Fsp3) is 0.200. The van der Waals surface area contributed by atoms with Gasteiger partial charge in [-0.05, 0) is 17.7 Å². The number of carbonyl (C=O) groups is 1. The maximum atomic E-state index is 12.8. The lowest BCUT2D eigenvalue weighted by molar-refractivity contribution is -0.137. The maximum absolute atomic E-state index is 12.8. The Hall–Kier alpha value is -1.41. The number of carbonyl (C=O) groups excluding carboxylic acids is 1. The summed E-state index contributed by atoms with van der Waals surface area (Å²) >= 11 is 10.2. The van der Waals surface area contributed by atoms with E-state index in [1.807, 2.05) is 0 Å². The molecule has 2 aromatic heterocycles. The van der Waals surface area contributed by atoms with Crippen molar-refractivity contribution in [3.63, 3.8) is 0 Å². The standard InChI is InChI=1S/C10H3Cl2F5N2O/c11-5-1-4(10(15,16)17)3-19-6(2-18-8(5)19)7(20)9(12,13)14/h1-3H. The van der Waals surface area contributed by atoms with Gasteiger partial charge in [0.25, 0.3) is 5.78 Å². The molecule has 0 spiro atoms. The summed E-state index contributed by atoms with van der Waals surface area (Å²) in [6.45, 7) is 0. The van der Waals surface area contributed by atoms with Crippen molar-refractivity contribution in [3.8, 4) is 0 Å². The lowest BCUT2D eigenvalue weighted by atomic mass is 10.2. The number of rotatable bonds is 2. The van der Waals surface area contributed by atoms with Crippen molar-refractivity contribution in [1.29, 1.82) is 0 Å². The van der Waals surface area contributed by atoms with Crippen molar-refractivity contribution in [2.24, 2.45) is 0 Å². The van der Waals surface area contributed by atoms with Crippen LogP contribution < -0.4 is 0 Å². The van der Waals surface area contributed by atoms with Gasteiger partial charge in [-0.3, -0.25) is 9.20 Å². The minimum atomic E-state index is -4.76. The molecule has 2 rings (SSSR count). The minimum Gasteiger partial charge on any atom is -0.295 e. The van der Waals surface area contributed by atoms with Crippen LogP contribution in [0.25, 0.3) is 5.65 Å². The second-order valence-electron chi connectivity index (χ2n) is 3.74. The Morgan fingerprint density at radius 1 is 1.25 bits per heavy atom. The van der Waals surface area contributed by atoms with Gasteiger partial charge in [0.1, 0.15) is 5.69 Å². The second kappa shape index (κ2) is 4.56. The quantitative estimate of drug-likeness (QED) is 0.473. The number of alkyl halides is 6. The molecule has 0 amide bonds. The molecule has 2 heterocycles. The van der Waals surface area contributed by atoms with Gasteiger partial charge < -0.3 is 0 Å². The number of aromatic nitrogens is 2. The highest BCUT2D eigenvalue weighted by molar-refractivity contribution is 6.35. The molecule has 0 aliphatic heterocycles. The van der Waals surface area contributed by atoms with Crippen LogP contribution in [0.2, 0.25) is 5.02 Å². The summed E-state index contributed by atoms with van der Waals surface area (Å²) in [5, 5.41) is -4.69. The van der Waals surface area contributed by atoms with Gasteiger partial charge in [0, 0.05) is 6.20 Å². The van der Waals surface area contributed by atoms with E-state index in [0.29, 0.717) is 22.9 Å². The van der Waals surface area contributed by atoms with Gasteiger partial charge in [-0.2, -0.15) is 22.0 Å². The summed E-state index contributed by atoms with van der Waals surface area (Å²) in [6, 6.07) is 0.580. The van der Waals surface area contributed by atoms with Crippen molar-refractivity contribution < 1.29 is 26.7 Å². The zero-order valence-corrected chi connectivity index (χ0v) is 10.7. The molecule has 0 saturated heterocycles. The Bertz CT molecular complexity index is 689. The van der Waals surface area contributed by atoms with E-state index in [0.717, 1.165) is 0 Å². The van der Waals surface area contributed by atoms with Crippen LogP contribution in [0.15, 0.2) is 18.5 Å². The molecule has 3 nitrogen and oxygen atoms in total. The molecule has 0 aliphatic carbocycles. The molecule has 0 unspecified atom stereocenters. The normalized spacial score (nSPS) is 12.9. The summed E-state index contributed by atoms with van der Waals surface area (Å²) in [5.74, 6) is -1.87. The van der Waals surface area contributed by atoms with Crippen LogP contribution in [-0.4, -0.2) is 20.5 Å². The SMILES string of the molecule is O=C(c1cnc2c(Cl)cc(C(F)(F)F)cn12)C(F)(F)Cl. The largest absolute Gasteiger partial charge is 0.417 e. The molecule has 0 saturated carbocycles. The van der Waals surface area contributed by atoms with E-state index < -0.39 is 33.6 Å². The predicted octanol–water partition coefficient (Wildman–Crippen LogP) is 4.02. The summed E-state index contributed by atoms with van der Waals surface area (Å²) in [4.78, 5) is 14.9. The Labute approximate surface area is 117 Å². The maximum Gasteiger partial charge on any atom is 0.417 e. The third-order valence-corrected chi connectivity index (χ3v) is 2.83. The van der Waals surface area contributed by atoms with Gasteiger partial charge in [0.05, 0.1) is 16.8 Å². The van der Waals surface area contributed by atoms with Crippen LogP contribution in [0.3, 0.4) is 0 Å². The third-order valence-electron chi connectivity index (χ3n) is 2.38. The van der Waals surface area contributed by atoms with Gasteiger partial charge in [-0.25, -0.2) is 4.98 Å². The first-order valence-corrected chi connectivity index (χ1v) is 5.62. The van der Waals surface area contributed by atoms with Crippen molar-refractivity contribution in [3.05, 3.63) is 34.7 Å². The van der Waals surface area contributed by atoms with E-state index in [2.05, 4.69) is 16.6 Å².